The molecular weight excluding hydrogens is 316 g/mol. The lowest BCUT2D eigenvalue weighted by molar-refractivity contribution is -0.136. The van der Waals surface area contributed by atoms with Crippen LogP contribution in [0.25, 0.3) is 0 Å². The second-order valence-electron chi connectivity index (χ2n) is 6.65. The average Bonchev–Trinajstić information content (AvgIpc) is 2.61. The van der Waals surface area contributed by atoms with Gasteiger partial charge in [-0.15, -0.1) is 0 Å². The molecule has 132 valence electrons. The summed E-state index contributed by atoms with van der Waals surface area (Å²) in [5.41, 5.74) is 2.81. The van der Waals surface area contributed by atoms with Gasteiger partial charge in [-0.2, -0.15) is 0 Å². The number of hydrogen-bond donors (Lipinski definition) is 1. The normalized spacial score (nSPS) is 18.2. The second kappa shape index (κ2) is 8.16. The summed E-state index contributed by atoms with van der Waals surface area (Å²) in [6.07, 6.45) is 4.57. The van der Waals surface area contributed by atoms with Crippen LogP contribution in [0.15, 0.2) is 30.5 Å². The summed E-state index contributed by atoms with van der Waals surface area (Å²) in [6.45, 7) is 4.77. The standard InChI is InChI=1S/C19H24N4O2/c1-14-11-16(7-8-18(24)25)22-19(21-14)15-5-4-10-23(12-15)13-17-6-2-3-9-20-17/h2-3,6,9,11,15H,4-5,7-8,10,12-13H2,1H3,(H,24,25). The highest BCUT2D eigenvalue weighted by Crippen LogP contribution is 2.26. The molecule has 0 spiro atoms. The van der Waals surface area contributed by atoms with Crippen molar-refractivity contribution in [2.45, 2.75) is 45.1 Å². The van der Waals surface area contributed by atoms with E-state index in [0.29, 0.717) is 12.3 Å². The molecule has 0 bridgehead atoms. The van der Waals surface area contributed by atoms with E-state index in [4.69, 9.17) is 5.11 Å². The molecule has 1 fully saturated rings. The summed E-state index contributed by atoms with van der Waals surface area (Å²) >= 11 is 0. The Balaban J connectivity index is 1.69. The van der Waals surface area contributed by atoms with Crippen LogP contribution in [0.2, 0.25) is 0 Å². The summed E-state index contributed by atoms with van der Waals surface area (Å²) in [5, 5.41) is 8.88. The number of carboxylic acids is 1. The summed E-state index contributed by atoms with van der Waals surface area (Å²) in [7, 11) is 0. The number of aliphatic carboxylic acids is 1. The zero-order chi connectivity index (χ0) is 17.6. The van der Waals surface area contributed by atoms with Crippen molar-refractivity contribution in [3.05, 3.63) is 53.4 Å². The lowest BCUT2D eigenvalue weighted by Crippen LogP contribution is -2.35. The molecule has 1 saturated heterocycles. The van der Waals surface area contributed by atoms with Gasteiger partial charge >= 0.3 is 5.97 Å². The minimum atomic E-state index is -0.794. The average molecular weight is 340 g/mol. The molecule has 0 saturated carbocycles. The topological polar surface area (TPSA) is 79.2 Å². The van der Waals surface area contributed by atoms with Gasteiger partial charge in [0, 0.05) is 43.0 Å². The fourth-order valence-electron chi connectivity index (χ4n) is 3.33. The second-order valence-corrected chi connectivity index (χ2v) is 6.65. The van der Waals surface area contributed by atoms with Gasteiger partial charge in [-0.3, -0.25) is 14.7 Å². The molecule has 1 unspecified atom stereocenters. The smallest absolute Gasteiger partial charge is 0.303 e. The lowest BCUT2D eigenvalue weighted by Gasteiger charge is -2.31. The van der Waals surface area contributed by atoms with Crippen molar-refractivity contribution in [1.29, 1.82) is 0 Å². The van der Waals surface area contributed by atoms with Gasteiger partial charge in [0.2, 0.25) is 0 Å². The van der Waals surface area contributed by atoms with Crippen LogP contribution in [-0.2, 0) is 17.8 Å². The van der Waals surface area contributed by atoms with E-state index < -0.39 is 5.97 Å². The molecule has 0 aromatic carbocycles. The van der Waals surface area contributed by atoms with Crippen LogP contribution >= 0.6 is 0 Å². The van der Waals surface area contributed by atoms with E-state index in [1.54, 1.807) is 0 Å². The van der Waals surface area contributed by atoms with Gasteiger partial charge in [0.1, 0.15) is 5.82 Å². The number of carbonyl (C=O) groups is 1. The minimum Gasteiger partial charge on any atom is -0.481 e. The van der Waals surface area contributed by atoms with Gasteiger partial charge in [0.05, 0.1) is 12.1 Å². The van der Waals surface area contributed by atoms with Crippen molar-refractivity contribution in [1.82, 2.24) is 19.9 Å². The molecule has 6 heteroatoms. The highest BCUT2D eigenvalue weighted by molar-refractivity contribution is 5.66. The van der Waals surface area contributed by atoms with Gasteiger partial charge in [0.15, 0.2) is 0 Å². The first-order chi connectivity index (χ1) is 12.1. The molecular formula is C19H24N4O2. The van der Waals surface area contributed by atoms with Crippen LogP contribution < -0.4 is 0 Å². The number of piperidine rings is 1. The minimum absolute atomic E-state index is 0.104. The van der Waals surface area contributed by atoms with Crippen molar-refractivity contribution >= 4 is 5.97 Å². The van der Waals surface area contributed by atoms with Crippen molar-refractivity contribution in [3.8, 4) is 0 Å². The summed E-state index contributed by atoms with van der Waals surface area (Å²) < 4.78 is 0. The summed E-state index contributed by atoms with van der Waals surface area (Å²) in [6, 6.07) is 7.89. The molecule has 6 nitrogen and oxygen atoms in total. The molecule has 0 radical (unpaired) electrons. The molecule has 1 atom stereocenters. The fraction of sp³-hybridized carbons (Fsp3) is 0.474. The number of likely N-dealkylation sites (tertiary alicyclic amines) is 1. The Hall–Kier alpha value is -2.34. The molecule has 25 heavy (non-hydrogen) atoms. The molecule has 3 heterocycles. The van der Waals surface area contributed by atoms with E-state index in [1.807, 2.05) is 31.3 Å². The van der Waals surface area contributed by atoms with Crippen molar-refractivity contribution < 1.29 is 9.90 Å². The first kappa shape index (κ1) is 17.5. The van der Waals surface area contributed by atoms with Gasteiger partial charge in [0.25, 0.3) is 0 Å². The number of aromatic nitrogens is 3. The lowest BCUT2D eigenvalue weighted by atomic mass is 9.96. The van der Waals surface area contributed by atoms with Crippen LogP contribution in [0.5, 0.6) is 0 Å². The highest BCUT2D eigenvalue weighted by Gasteiger charge is 2.24. The molecule has 1 aliphatic rings. The Morgan fingerprint density at radius 3 is 2.96 bits per heavy atom. The molecule has 3 rings (SSSR count). The third-order valence-corrected chi connectivity index (χ3v) is 4.50. The van der Waals surface area contributed by atoms with Crippen LogP contribution in [-0.4, -0.2) is 44.0 Å². The zero-order valence-electron chi connectivity index (χ0n) is 14.6. The quantitative estimate of drug-likeness (QED) is 0.871. The van der Waals surface area contributed by atoms with Gasteiger partial charge in [-0.25, -0.2) is 9.97 Å². The molecule has 2 aromatic heterocycles. The van der Waals surface area contributed by atoms with Crippen molar-refractivity contribution in [3.63, 3.8) is 0 Å². The first-order valence-electron chi connectivity index (χ1n) is 8.78. The van der Waals surface area contributed by atoms with E-state index in [-0.39, 0.29) is 6.42 Å². The summed E-state index contributed by atoms with van der Waals surface area (Å²) in [4.78, 5) is 26.9. The van der Waals surface area contributed by atoms with E-state index in [0.717, 1.165) is 55.4 Å². The first-order valence-corrected chi connectivity index (χ1v) is 8.78. The predicted molar refractivity (Wildman–Crippen MR) is 94.2 cm³/mol. The van der Waals surface area contributed by atoms with Crippen LogP contribution in [0.1, 0.15) is 48.1 Å². The van der Waals surface area contributed by atoms with E-state index in [9.17, 15) is 4.79 Å². The van der Waals surface area contributed by atoms with Gasteiger partial charge in [-0.05, 0) is 44.5 Å². The molecule has 0 amide bonds. The third kappa shape index (κ3) is 5.06. The van der Waals surface area contributed by atoms with E-state index in [1.165, 1.54) is 0 Å². The van der Waals surface area contributed by atoms with Gasteiger partial charge in [-0.1, -0.05) is 6.07 Å². The maximum Gasteiger partial charge on any atom is 0.303 e. The van der Waals surface area contributed by atoms with Crippen molar-refractivity contribution in [2.24, 2.45) is 0 Å². The maximum absolute atomic E-state index is 10.8. The number of nitrogens with zero attached hydrogens (tertiary/aromatic N) is 4. The molecule has 1 N–H and O–H groups in total. The number of carboxylic acid groups (broad SMARTS) is 1. The Labute approximate surface area is 148 Å². The number of hydrogen-bond acceptors (Lipinski definition) is 5. The predicted octanol–water partition coefficient (Wildman–Crippen LogP) is 2.58. The number of pyridine rings is 1. The zero-order valence-corrected chi connectivity index (χ0v) is 14.6. The van der Waals surface area contributed by atoms with Crippen LogP contribution in [0.4, 0.5) is 0 Å². The van der Waals surface area contributed by atoms with E-state index >= 15 is 0 Å². The largest absolute Gasteiger partial charge is 0.481 e. The molecule has 0 aliphatic carbocycles. The Morgan fingerprint density at radius 2 is 2.20 bits per heavy atom. The highest BCUT2D eigenvalue weighted by atomic mass is 16.4. The van der Waals surface area contributed by atoms with Crippen LogP contribution in [0, 0.1) is 6.92 Å². The number of rotatable bonds is 6. The molecule has 1 aliphatic heterocycles. The Kier molecular flexibility index (Phi) is 5.71. The van der Waals surface area contributed by atoms with Gasteiger partial charge < -0.3 is 5.11 Å². The molecule has 2 aromatic rings. The summed E-state index contributed by atoms with van der Waals surface area (Å²) in [5.74, 6) is 0.351. The monoisotopic (exact) mass is 340 g/mol. The van der Waals surface area contributed by atoms with Crippen LogP contribution in [0.3, 0.4) is 0 Å². The maximum atomic E-state index is 10.8. The fourth-order valence-corrected chi connectivity index (χ4v) is 3.33. The number of aryl methyl sites for hydroxylation is 2. The van der Waals surface area contributed by atoms with E-state index in [2.05, 4.69) is 25.9 Å². The Morgan fingerprint density at radius 1 is 1.32 bits per heavy atom. The Bertz CT molecular complexity index is 721. The third-order valence-electron chi connectivity index (χ3n) is 4.50. The SMILES string of the molecule is Cc1cc(CCC(=O)O)nc(C2CCCN(Cc3ccccn3)C2)n1. The van der Waals surface area contributed by atoms with Crippen molar-refractivity contribution in [2.75, 3.05) is 13.1 Å².